The molecule has 1 unspecified atom stereocenters. The minimum Gasteiger partial charge on any atom is -0.497 e. The van der Waals surface area contributed by atoms with Gasteiger partial charge in [0, 0.05) is 40.0 Å². The summed E-state index contributed by atoms with van der Waals surface area (Å²) in [6.45, 7) is 5.91. The molecule has 2 aliphatic rings. The minimum atomic E-state index is 0.235. The Morgan fingerprint density at radius 1 is 1.09 bits per heavy atom. The molecule has 0 saturated heterocycles. The van der Waals surface area contributed by atoms with Crippen molar-refractivity contribution < 1.29 is 4.74 Å². The highest BCUT2D eigenvalue weighted by Crippen LogP contribution is 2.46. The lowest BCUT2D eigenvalue weighted by Gasteiger charge is -2.37. The topological polar surface area (TPSA) is 49.9 Å². The van der Waals surface area contributed by atoms with Crippen LogP contribution in [0.1, 0.15) is 61.7 Å². The standard InChI is InChI=1S/C29H33N3O/c1-29(2)15-24(30-17-19-8-9-19)27-25(16-29)31-23(14-18-10-12-20(33-3)13-11-18)28-26(27)21-6-4-5-7-22(21)32-28/h4-7,10-13,19,24,30,32H,8-9,14-17H2,1-3H3. The number of nitrogens with zero attached hydrogens (tertiary/aromatic N) is 1. The van der Waals surface area contributed by atoms with Crippen molar-refractivity contribution in [3.05, 3.63) is 71.0 Å². The molecule has 0 aliphatic heterocycles. The van der Waals surface area contributed by atoms with E-state index in [4.69, 9.17) is 9.72 Å². The van der Waals surface area contributed by atoms with Gasteiger partial charge < -0.3 is 15.0 Å². The average Bonchev–Trinajstić information content (AvgIpc) is 3.55. The number of aromatic nitrogens is 2. The van der Waals surface area contributed by atoms with Crippen LogP contribution >= 0.6 is 0 Å². The molecule has 2 N–H and O–H groups in total. The summed E-state index contributed by atoms with van der Waals surface area (Å²) in [5.41, 5.74) is 7.73. The first-order chi connectivity index (χ1) is 16.0. The number of H-pyrrole nitrogens is 1. The summed E-state index contributed by atoms with van der Waals surface area (Å²) in [6, 6.07) is 17.5. The number of pyridine rings is 1. The molecule has 2 aromatic carbocycles. The van der Waals surface area contributed by atoms with Gasteiger partial charge in [0.25, 0.3) is 0 Å². The highest BCUT2D eigenvalue weighted by molar-refractivity contribution is 6.10. The average molecular weight is 440 g/mol. The van der Waals surface area contributed by atoms with Gasteiger partial charge in [-0.1, -0.05) is 44.2 Å². The number of para-hydroxylation sites is 1. The molecule has 1 fully saturated rings. The third-order valence-electron chi connectivity index (χ3n) is 7.48. The van der Waals surface area contributed by atoms with Crippen molar-refractivity contribution in [3.8, 4) is 5.75 Å². The van der Waals surface area contributed by atoms with Gasteiger partial charge in [-0.15, -0.1) is 0 Å². The fourth-order valence-corrected chi connectivity index (χ4v) is 5.62. The molecule has 4 heteroatoms. The number of ether oxygens (including phenoxy) is 1. The summed E-state index contributed by atoms with van der Waals surface area (Å²) in [4.78, 5) is 9.10. The van der Waals surface area contributed by atoms with Crippen LogP contribution in [0.5, 0.6) is 5.75 Å². The van der Waals surface area contributed by atoms with Crippen LogP contribution in [0.4, 0.5) is 0 Å². The highest BCUT2D eigenvalue weighted by atomic mass is 16.5. The molecule has 0 radical (unpaired) electrons. The number of hydrogen-bond acceptors (Lipinski definition) is 3. The first kappa shape index (κ1) is 20.7. The van der Waals surface area contributed by atoms with Gasteiger partial charge in [-0.3, -0.25) is 4.98 Å². The van der Waals surface area contributed by atoms with E-state index in [2.05, 4.69) is 60.5 Å². The van der Waals surface area contributed by atoms with Gasteiger partial charge in [-0.05, 0) is 67.3 Å². The highest BCUT2D eigenvalue weighted by Gasteiger charge is 2.36. The molecule has 4 aromatic rings. The SMILES string of the molecule is COc1ccc(Cc2nc3c(c4c2[nH]c2ccccc24)C(NCC2CC2)CC(C)(C)C3)cc1. The van der Waals surface area contributed by atoms with E-state index < -0.39 is 0 Å². The molecule has 1 saturated carbocycles. The van der Waals surface area contributed by atoms with Gasteiger partial charge in [0.05, 0.1) is 18.3 Å². The van der Waals surface area contributed by atoms with Crippen LogP contribution in [0.2, 0.25) is 0 Å². The van der Waals surface area contributed by atoms with Crippen LogP contribution in [0.25, 0.3) is 21.8 Å². The van der Waals surface area contributed by atoms with Crippen LogP contribution in [0.15, 0.2) is 48.5 Å². The van der Waals surface area contributed by atoms with Crippen molar-refractivity contribution in [3.63, 3.8) is 0 Å². The number of methoxy groups -OCH3 is 1. The summed E-state index contributed by atoms with van der Waals surface area (Å²) in [5.74, 6) is 1.75. The molecule has 2 heterocycles. The van der Waals surface area contributed by atoms with Crippen molar-refractivity contribution in [2.75, 3.05) is 13.7 Å². The van der Waals surface area contributed by atoms with Gasteiger partial charge in [0.2, 0.25) is 0 Å². The van der Waals surface area contributed by atoms with Crippen LogP contribution in [0, 0.1) is 11.3 Å². The largest absolute Gasteiger partial charge is 0.497 e. The Labute approximate surface area is 195 Å². The first-order valence-electron chi connectivity index (χ1n) is 12.3. The Hall–Kier alpha value is -2.85. The van der Waals surface area contributed by atoms with Gasteiger partial charge >= 0.3 is 0 Å². The lowest BCUT2D eigenvalue weighted by Crippen LogP contribution is -2.35. The molecular weight excluding hydrogens is 406 g/mol. The smallest absolute Gasteiger partial charge is 0.118 e. The summed E-state index contributed by atoms with van der Waals surface area (Å²) in [7, 11) is 1.71. The number of nitrogens with one attached hydrogen (secondary N) is 2. The van der Waals surface area contributed by atoms with E-state index in [0.29, 0.717) is 6.04 Å². The van der Waals surface area contributed by atoms with E-state index in [0.717, 1.165) is 43.2 Å². The normalized spacial score (nSPS) is 19.7. The molecular formula is C29H33N3O. The summed E-state index contributed by atoms with van der Waals surface area (Å²) < 4.78 is 5.35. The van der Waals surface area contributed by atoms with Crippen molar-refractivity contribution in [2.24, 2.45) is 11.3 Å². The van der Waals surface area contributed by atoms with Crippen LogP contribution in [-0.4, -0.2) is 23.6 Å². The van der Waals surface area contributed by atoms with E-state index in [9.17, 15) is 0 Å². The zero-order valence-electron chi connectivity index (χ0n) is 19.9. The quantitative estimate of drug-likeness (QED) is 0.369. The maximum absolute atomic E-state index is 5.36. The molecule has 0 amide bonds. The minimum absolute atomic E-state index is 0.235. The summed E-state index contributed by atoms with van der Waals surface area (Å²) >= 11 is 0. The van der Waals surface area contributed by atoms with Gasteiger partial charge in [0.15, 0.2) is 0 Å². The maximum atomic E-state index is 5.36. The molecule has 170 valence electrons. The van der Waals surface area contributed by atoms with Crippen molar-refractivity contribution in [1.29, 1.82) is 0 Å². The fourth-order valence-electron chi connectivity index (χ4n) is 5.62. The molecule has 2 aliphatic carbocycles. The van der Waals surface area contributed by atoms with Crippen LogP contribution in [0.3, 0.4) is 0 Å². The predicted molar refractivity (Wildman–Crippen MR) is 135 cm³/mol. The Morgan fingerprint density at radius 2 is 1.88 bits per heavy atom. The Bertz CT molecular complexity index is 1310. The zero-order valence-corrected chi connectivity index (χ0v) is 19.9. The monoisotopic (exact) mass is 439 g/mol. The molecule has 0 bridgehead atoms. The van der Waals surface area contributed by atoms with Crippen molar-refractivity contribution in [2.45, 2.75) is 52.0 Å². The Kier molecular flexibility index (Phi) is 4.95. The second-order valence-electron chi connectivity index (χ2n) is 10.8. The van der Waals surface area contributed by atoms with Crippen molar-refractivity contribution >= 4 is 21.8 Å². The fraction of sp³-hybridized carbons (Fsp3) is 0.414. The second-order valence-corrected chi connectivity index (χ2v) is 10.8. The molecule has 33 heavy (non-hydrogen) atoms. The van der Waals surface area contributed by atoms with E-state index in [1.165, 1.54) is 51.5 Å². The zero-order chi connectivity index (χ0) is 22.6. The van der Waals surface area contributed by atoms with E-state index in [1.807, 2.05) is 12.1 Å². The summed E-state index contributed by atoms with van der Waals surface area (Å²) in [6.07, 6.45) is 5.73. The molecule has 1 atom stereocenters. The molecule has 6 rings (SSSR count). The number of rotatable bonds is 6. The number of fused-ring (bicyclic) bond motifs is 5. The first-order valence-corrected chi connectivity index (χ1v) is 12.3. The van der Waals surface area contributed by atoms with Crippen LogP contribution < -0.4 is 10.1 Å². The number of aromatic amines is 1. The molecule has 4 nitrogen and oxygen atoms in total. The van der Waals surface area contributed by atoms with E-state index in [-0.39, 0.29) is 5.41 Å². The number of hydrogen-bond donors (Lipinski definition) is 2. The third kappa shape index (κ3) is 3.91. The van der Waals surface area contributed by atoms with Gasteiger partial charge in [-0.25, -0.2) is 0 Å². The van der Waals surface area contributed by atoms with E-state index >= 15 is 0 Å². The van der Waals surface area contributed by atoms with Crippen LogP contribution in [-0.2, 0) is 12.8 Å². The predicted octanol–water partition coefficient (Wildman–Crippen LogP) is 6.33. The number of benzene rings is 2. The summed E-state index contributed by atoms with van der Waals surface area (Å²) in [5, 5.41) is 6.65. The third-order valence-corrected chi connectivity index (χ3v) is 7.48. The lowest BCUT2D eigenvalue weighted by molar-refractivity contribution is 0.254. The second kappa shape index (κ2) is 7.88. The molecule has 2 aromatic heterocycles. The van der Waals surface area contributed by atoms with E-state index in [1.54, 1.807) is 7.11 Å². The molecule has 0 spiro atoms. The van der Waals surface area contributed by atoms with Gasteiger partial charge in [0.1, 0.15) is 5.75 Å². The lowest BCUT2D eigenvalue weighted by atomic mass is 9.72. The van der Waals surface area contributed by atoms with Crippen molar-refractivity contribution in [1.82, 2.24) is 15.3 Å². The maximum Gasteiger partial charge on any atom is 0.118 e. The Morgan fingerprint density at radius 3 is 2.64 bits per heavy atom. The van der Waals surface area contributed by atoms with Gasteiger partial charge in [-0.2, -0.15) is 0 Å². The Balaban J connectivity index is 1.52.